The number of hydrogen-bond donors (Lipinski definition) is 1. The number of halogens is 1. The Morgan fingerprint density at radius 1 is 1.60 bits per heavy atom. The van der Waals surface area contributed by atoms with Crippen molar-refractivity contribution < 1.29 is 9.47 Å². The Kier molecular flexibility index (Phi) is 4.24. The van der Waals surface area contributed by atoms with Gasteiger partial charge in [-0.05, 0) is 19.4 Å². The molecule has 2 fully saturated rings. The van der Waals surface area contributed by atoms with Gasteiger partial charge in [0.15, 0.2) is 5.82 Å². The van der Waals surface area contributed by atoms with Crippen LogP contribution in [0.2, 0.25) is 5.02 Å². The second kappa shape index (κ2) is 6.11. The van der Waals surface area contributed by atoms with Gasteiger partial charge in [-0.1, -0.05) is 11.6 Å². The fourth-order valence-electron chi connectivity index (χ4n) is 2.79. The molecule has 6 nitrogen and oxygen atoms in total. The maximum Gasteiger partial charge on any atom is 0.318 e. The summed E-state index contributed by atoms with van der Waals surface area (Å²) in [4.78, 5) is 10.7. The molecule has 0 radical (unpaired) electrons. The Morgan fingerprint density at radius 3 is 3.35 bits per heavy atom. The van der Waals surface area contributed by atoms with Crippen LogP contribution in [-0.4, -0.2) is 60.4 Å². The molecule has 2 atom stereocenters. The summed E-state index contributed by atoms with van der Waals surface area (Å²) in [7, 11) is 1.53. The van der Waals surface area contributed by atoms with Crippen LogP contribution in [0.3, 0.4) is 0 Å². The Bertz CT molecular complexity index is 474. The Morgan fingerprint density at radius 2 is 2.50 bits per heavy atom. The van der Waals surface area contributed by atoms with Crippen molar-refractivity contribution in [3.8, 4) is 6.01 Å². The average Bonchev–Trinajstić information content (AvgIpc) is 2.94. The van der Waals surface area contributed by atoms with E-state index in [-0.39, 0.29) is 6.10 Å². The molecule has 0 amide bonds. The number of nitrogens with one attached hydrogen (secondary N) is 1. The molecule has 0 spiro atoms. The predicted octanol–water partition coefficient (Wildman–Crippen LogP) is 1.41. The fourth-order valence-corrected chi connectivity index (χ4v) is 2.95. The first kappa shape index (κ1) is 13.9. The van der Waals surface area contributed by atoms with Gasteiger partial charge in [0.2, 0.25) is 0 Å². The second-order valence-electron chi connectivity index (χ2n) is 5.18. The molecule has 110 valence electrons. The second-order valence-corrected chi connectivity index (χ2v) is 5.59. The summed E-state index contributed by atoms with van der Waals surface area (Å²) in [5.74, 6) is 0.589. The highest BCUT2D eigenvalue weighted by atomic mass is 35.5. The van der Waals surface area contributed by atoms with Crippen molar-refractivity contribution in [3.63, 3.8) is 0 Å². The van der Waals surface area contributed by atoms with Crippen LogP contribution in [-0.2, 0) is 4.74 Å². The highest BCUT2D eigenvalue weighted by molar-refractivity contribution is 6.32. The Balaban J connectivity index is 1.56. The zero-order valence-electron chi connectivity index (χ0n) is 11.5. The SMILES string of the molecule is COc1ncc(Cl)c(NCC2CN3CCCC3CO2)n1. The number of methoxy groups -OCH3 is 1. The lowest BCUT2D eigenvalue weighted by atomic mass is 10.2. The van der Waals surface area contributed by atoms with Gasteiger partial charge in [0.25, 0.3) is 0 Å². The van der Waals surface area contributed by atoms with Gasteiger partial charge in [-0.15, -0.1) is 0 Å². The summed E-state index contributed by atoms with van der Waals surface area (Å²) in [6.07, 6.45) is 4.24. The first-order chi connectivity index (χ1) is 9.76. The Labute approximate surface area is 123 Å². The van der Waals surface area contributed by atoms with Gasteiger partial charge in [0.1, 0.15) is 5.02 Å². The third-order valence-electron chi connectivity index (χ3n) is 3.86. The van der Waals surface area contributed by atoms with E-state index in [0.29, 0.717) is 29.4 Å². The maximum atomic E-state index is 6.07. The first-order valence-electron chi connectivity index (χ1n) is 6.92. The van der Waals surface area contributed by atoms with E-state index in [2.05, 4.69) is 20.2 Å². The van der Waals surface area contributed by atoms with E-state index in [9.17, 15) is 0 Å². The van der Waals surface area contributed by atoms with Crippen molar-refractivity contribution in [1.82, 2.24) is 14.9 Å². The van der Waals surface area contributed by atoms with Crippen LogP contribution in [0.5, 0.6) is 6.01 Å². The van der Waals surface area contributed by atoms with Crippen molar-refractivity contribution in [1.29, 1.82) is 0 Å². The summed E-state index contributed by atoms with van der Waals surface area (Å²) >= 11 is 6.07. The number of anilines is 1. The molecule has 0 aliphatic carbocycles. The molecule has 2 aliphatic rings. The molecule has 3 heterocycles. The van der Waals surface area contributed by atoms with Crippen LogP contribution >= 0.6 is 11.6 Å². The summed E-state index contributed by atoms with van der Waals surface area (Å²) in [5, 5.41) is 3.71. The third kappa shape index (κ3) is 2.97. The number of fused-ring (bicyclic) bond motifs is 1. The van der Waals surface area contributed by atoms with Gasteiger partial charge in [-0.3, -0.25) is 4.90 Å². The molecule has 3 rings (SSSR count). The molecule has 0 aromatic carbocycles. The van der Waals surface area contributed by atoms with Gasteiger partial charge in [-0.25, -0.2) is 4.98 Å². The Hall–Kier alpha value is -1.11. The lowest BCUT2D eigenvalue weighted by Crippen LogP contribution is -2.48. The van der Waals surface area contributed by atoms with E-state index in [4.69, 9.17) is 21.1 Å². The molecule has 1 aromatic heterocycles. The number of nitrogens with zero attached hydrogens (tertiary/aromatic N) is 3. The van der Waals surface area contributed by atoms with E-state index >= 15 is 0 Å². The van der Waals surface area contributed by atoms with Crippen molar-refractivity contribution >= 4 is 17.4 Å². The molecule has 7 heteroatoms. The molecule has 0 saturated carbocycles. The largest absolute Gasteiger partial charge is 0.467 e. The number of ether oxygens (including phenoxy) is 2. The number of hydrogen-bond acceptors (Lipinski definition) is 6. The van der Waals surface area contributed by atoms with Crippen molar-refractivity contribution in [2.24, 2.45) is 0 Å². The van der Waals surface area contributed by atoms with Crippen molar-refractivity contribution in [2.45, 2.75) is 25.0 Å². The van der Waals surface area contributed by atoms with Gasteiger partial charge < -0.3 is 14.8 Å². The molecule has 1 N–H and O–H groups in total. The van der Waals surface area contributed by atoms with E-state index in [1.54, 1.807) is 0 Å². The standard InChI is InChI=1S/C13H19ClN4O2/c1-19-13-16-6-11(14)12(17-13)15-5-10-7-18-4-2-3-9(18)8-20-10/h6,9-10H,2-5,7-8H2,1H3,(H,15,16,17). The molecular formula is C13H19ClN4O2. The fraction of sp³-hybridized carbons (Fsp3) is 0.692. The van der Waals surface area contributed by atoms with E-state index in [1.165, 1.54) is 32.7 Å². The predicted molar refractivity (Wildman–Crippen MR) is 76.4 cm³/mol. The highest BCUT2D eigenvalue weighted by Gasteiger charge is 2.32. The van der Waals surface area contributed by atoms with Gasteiger partial charge in [-0.2, -0.15) is 4.98 Å². The molecule has 0 bridgehead atoms. The summed E-state index contributed by atoms with van der Waals surface area (Å²) in [6, 6.07) is 0.926. The van der Waals surface area contributed by atoms with Crippen LogP contribution in [0.25, 0.3) is 0 Å². The van der Waals surface area contributed by atoms with Gasteiger partial charge in [0.05, 0.1) is 26.0 Å². The van der Waals surface area contributed by atoms with Gasteiger partial charge >= 0.3 is 6.01 Å². The van der Waals surface area contributed by atoms with Crippen molar-refractivity contribution in [3.05, 3.63) is 11.2 Å². The lowest BCUT2D eigenvalue weighted by Gasteiger charge is -2.35. The molecule has 2 saturated heterocycles. The number of aromatic nitrogens is 2. The molecule has 1 aromatic rings. The van der Waals surface area contributed by atoms with Gasteiger partial charge in [0, 0.05) is 19.1 Å². The topological polar surface area (TPSA) is 59.5 Å². The number of morpholine rings is 1. The van der Waals surface area contributed by atoms with Crippen LogP contribution in [0.15, 0.2) is 6.20 Å². The summed E-state index contributed by atoms with van der Waals surface area (Å²) < 4.78 is 10.9. The quantitative estimate of drug-likeness (QED) is 0.907. The smallest absolute Gasteiger partial charge is 0.318 e. The monoisotopic (exact) mass is 298 g/mol. The summed E-state index contributed by atoms with van der Waals surface area (Å²) in [6.45, 7) is 3.67. The first-order valence-corrected chi connectivity index (χ1v) is 7.30. The minimum absolute atomic E-state index is 0.168. The van der Waals surface area contributed by atoms with Crippen LogP contribution < -0.4 is 10.1 Å². The zero-order chi connectivity index (χ0) is 13.9. The van der Waals surface area contributed by atoms with E-state index in [0.717, 1.165) is 13.2 Å². The zero-order valence-corrected chi connectivity index (χ0v) is 12.3. The minimum Gasteiger partial charge on any atom is -0.467 e. The van der Waals surface area contributed by atoms with Crippen LogP contribution in [0.4, 0.5) is 5.82 Å². The van der Waals surface area contributed by atoms with Crippen molar-refractivity contribution in [2.75, 3.05) is 38.7 Å². The molecule has 2 aliphatic heterocycles. The van der Waals surface area contributed by atoms with Crippen LogP contribution in [0, 0.1) is 0 Å². The number of rotatable bonds is 4. The van der Waals surface area contributed by atoms with E-state index < -0.39 is 0 Å². The maximum absolute atomic E-state index is 6.07. The third-order valence-corrected chi connectivity index (χ3v) is 4.14. The average molecular weight is 299 g/mol. The highest BCUT2D eigenvalue weighted by Crippen LogP contribution is 2.24. The minimum atomic E-state index is 0.168. The molecular weight excluding hydrogens is 280 g/mol. The molecule has 20 heavy (non-hydrogen) atoms. The summed E-state index contributed by atoms with van der Waals surface area (Å²) in [5.41, 5.74) is 0. The molecule has 2 unspecified atom stereocenters. The van der Waals surface area contributed by atoms with Crippen LogP contribution in [0.1, 0.15) is 12.8 Å². The normalized spacial score (nSPS) is 26.3. The lowest BCUT2D eigenvalue weighted by molar-refractivity contribution is -0.0416. The van der Waals surface area contributed by atoms with E-state index in [1.807, 2.05) is 0 Å².